The molecule has 1 atom stereocenters. The molecular weight excluding hydrogens is 426 g/mol. The Morgan fingerprint density at radius 2 is 1.62 bits per heavy atom. The summed E-state index contributed by atoms with van der Waals surface area (Å²) in [4.78, 5) is 32.9. The molecule has 6 rings (SSSR count). The number of benzene rings is 2. The van der Waals surface area contributed by atoms with Crippen LogP contribution < -0.4 is 10.3 Å². The van der Waals surface area contributed by atoms with Gasteiger partial charge >= 0.3 is 0 Å². The third-order valence-corrected chi connectivity index (χ3v) is 8.20. The van der Waals surface area contributed by atoms with Crippen LogP contribution in [0.25, 0.3) is 11.0 Å². The first-order valence-corrected chi connectivity index (χ1v) is 12.4. The van der Waals surface area contributed by atoms with Crippen LogP contribution in [-0.2, 0) is 11.3 Å². The molecule has 3 heterocycles. The number of carbonyl (C=O) groups excluding carboxylic acids is 1. The highest BCUT2D eigenvalue weighted by atomic mass is 16.3. The fraction of sp³-hybridized carbons (Fsp3) is 0.429. The SMILES string of the molecule is O=C(C1CC12CCN(Cc1coc3ccccc3c1=O)CC2)N1CCN(c2ccccc2)CC1. The minimum atomic E-state index is 0.0660. The van der Waals surface area contributed by atoms with Gasteiger partial charge < -0.3 is 14.2 Å². The van der Waals surface area contributed by atoms with E-state index in [-0.39, 0.29) is 16.8 Å². The summed E-state index contributed by atoms with van der Waals surface area (Å²) >= 11 is 0. The van der Waals surface area contributed by atoms with Crippen molar-refractivity contribution in [3.05, 3.63) is 76.6 Å². The van der Waals surface area contributed by atoms with Crippen molar-refractivity contribution < 1.29 is 9.21 Å². The Morgan fingerprint density at radius 1 is 0.912 bits per heavy atom. The summed E-state index contributed by atoms with van der Waals surface area (Å²) in [7, 11) is 0. The second-order valence-electron chi connectivity index (χ2n) is 10.1. The number of hydrogen-bond acceptors (Lipinski definition) is 5. The second kappa shape index (κ2) is 8.58. The fourth-order valence-electron chi connectivity index (χ4n) is 5.92. The van der Waals surface area contributed by atoms with E-state index in [1.807, 2.05) is 30.3 Å². The molecule has 1 unspecified atom stereocenters. The molecule has 3 fully saturated rings. The Morgan fingerprint density at radius 3 is 2.38 bits per heavy atom. The molecule has 2 aliphatic heterocycles. The van der Waals surface area contributed by atoms with Crippen LogP contribution in [0.5, 0.6) is 0 Å². The summed E-state index contributed by atoms with van der Waals surface area (Å²) in [5.74, 6) is 0.542. The van der Waals surface area contributed by atoms with Crippen LogP contribution in [0.1, 0.15) is 24.8 Å². The average molecular weight is 458 g/mol. The van der Waals surface area contributed by atoms with Crippen LogP contribution in [0.4, 0.5) is 5.69 Å². The largest absolute Gasteiger partial charge is 0.464 e. The lowest BCUT2D eigenvalue weighted by molar-refractivity contribution is -0.134. The Hall–Kier alpha value is -3.12. The minimum absolute atomic E-state index is 0.0660. The maximum Gasteiger partial charge on any atom is 0.226 e. The van der Waals surface area contributed by atoms with Gasteiger partial charge in [-0.05, 0) is 62.0 Å². The van der Waals surface area contributed by atoms with Gasteiger partial charge in [0.2, 0.25) is 5.91 Å². The molecule has 1 amide bonds. The third-order valence-electron chi connectivity index (χ3n) is 8.20. The smallest absolute Gasteiger partial charge is 0.226 e. The number of fused-ring (bicyclic) bond motifs is 1. The molecule has 2 saturated heterocycles. The van der Waals surface area contributed by atoms with Crippen LogP contribution in [0.3, 0.4) is 0 Å². The molecule has 6 nitrogen and oxygen atoms in total. The molecule has 0 radical (unpaired) electrons. The molecule has 3 aromatic rings. The van der Waals surface area contributed by atoms with E-state index in [2.05, 4.69) is 39.0 Å². The highest BCUT2D eigenvalue weighted by molar-refractivity contribution is 5.83. The maximum absolute atomic E-state index is 13.3. The molecule has 3 aliphatic rings. The summed E-state index contributed by atoms with van der Waals surface area (Å²) in [5.41, 5.74) is 2.84. The topological polar surface area (TPSA) is 57.0 Å². The molecule has 0 bridgehead atoms. The Labute approximate surface area is 199 Å². The van der Waals surface area contributed by atoms with Gasteiger partial charge in [-0.3, -0.25) is 14.5 Å². The van der Waals surface area contributed by atoms with Crippen LogP contribution in [0, 0.1) is 11.3 Å². The van der Waals surface area contributed by atoms with Crippen molar-refractivity contribution in [1.82, 2.24) is 9.80 Å². The van der Waals surface area contributed by atoms with Crippen LogP contribution in [0.15, 0.2) is 70.1 Å². The van der Waals surface area contributed by atoms with Crippen molar-refractivity contribution in [3.8, 4) is 0 Å². The minimum Gasteiger partial charge on any atom is -0.464 e. The average Bonchev–Trinajstić information content (AvgIpc) is 3.60. The van der Waals surface area contributed by atoms with Gasteiger partial charge in [-0.1, -0.05) is 30.3 Å². The number of hydrogen-bond donors (Lipinski definition) is 0. The van der Waals surface area contributed by atoms with Gasteiger partial charge in [0.1, 0.15) is 5.58 Å². The molecule has 1 aliphatic carbocycles. The standard InChI is InChI=1S/C28H31N3O3/c32-26-21(20-34-25-9-5-4-8-23(25)26)19-29-12-10-28(11-13-29)18-24(28)27(33)31-16-14-30(15-17-31)22-6-2-1-3-7-22/h1-9,20,24H,10-19H2. The highest BCUT2D eigenvalue weighted by Gasteiger charge is 2.59. The van der Waals surface area contributed by atoms with Crippen molar-refractivity contribution in [3.63, 3.8) is 0 Å². The normalized spacial score (nSPS) is 22.3. The lowest BCUT2D eigenvalue weighted by Gasteiger charge is -2.37. The number of nitrogens with zero attached hydrogens (tertiary/aromatic N) is 3. The van der Waals surface area contributed by atoms with Gasteiger partial charge in [-0.25, -0.2) is 0 Å². The maximum atomic E-state index is 13.3. The zero-order chi connectivity index (χ0) is 23.1. The quantitative estimate of drug-likeness (QED) is 0.597. The van der Waals surface area contributed by atoms with E-state index in [9.17, 15) is 9.59 Å². The van der Waals surface area contributed by atoms with E-state index in [0.717, 1.165) is 64.1 Å². The summed E-state index contributed by atoms with van der Waals surface area (Å²) in [6, 6.07) is 17.9. The summed E-state index contributed by atoms with van der Waals surface area (Å²) in [5, 5.41) is 0.647. The van der Waals surface area contributed by atoms with E-state index in [4.69, 9.17) is 4.42 Å². The first-order chi connectivity index (χ1) is 16.6. The second-order valence-corrected chi connectivity index (χ2v) is 10.1. The van der Waals surface area contributed by atoms with Gasteiger partial charge in [0.15, 0.2) is 5.43 Å². The number of anilines is 1. The van der Waals surface area contributed by atoms with Crippen LogP contribution in [0.2, 0.25) is 0 Å². The van der Waals surface area contributed by atoms with E-state index in [1.54, 1.807) is 6.26 Å². The Balaban J connectivity index is 1.03. The molecular formula is C28H31N3O3. The first kappa shape index (κ1) is 21.4. The van der Waals surface area contributed by atoms with Gasteiger partial charge in [0.05, 0.1) is 11.6 Å². The van der Waals surface area contributed by atoms with Gasteiger partial charge in [0.25, 0.3) is 0 Å². The van der Waals surface area contributed by atoms with Gasteiger partial charge in [-0.15, -0.1) is 0 Å². The van der Waals surface area contributed by atoms with Gasteiger partial charge in [-0.2, -0.15) is 0 Å². The molecule has 0 N–H and O–H groups in total. The molecule has 6 heteroatoms. The molecule has 1 aromatic heterocycles. The van der Waals surface area contributed by atoms with E-state index in [0.29, 0.717) is 23.4 Å². The van der Waals surface area contributed by atoms with E-state index in [1.165, 1.54) is 5.69 Å². The van der Waals surface area contributed by atoms with Crippen molar-refractivity contribution in [2.24, 2.45) is 11.3 Å². The molecule has 1 spiro atoms. The predicted octanol–water partition coefficient (Wildman–Crippen LogP) is 3.74. The van der Waals surface area contributed by atoms with Crippen molar-refractivity contribution in [2.45, 2.75) is 25.8 Å². The zero-order valence-electron chi connectivity index (χ0n) is 19.5. The monoisotopic (exact) mass is 457 g/mol. The predicted molar refractivity (Wildman–Crippen MR) is 133 cm³/mol. The third kappa shape index (κ3) is 3.90. The number of piperidine rings is 1. The number of piperazine rings is 1. The lowest BCUT2D eigenvalue weighted by Crippen LogP contribution is -2.50. The van der Waals surface area contributed by atoms with Crippen LogP contribution in [-0.4, -0.2) is 55.0 Å². The lowest BCUT2D eigenvalue weighted by atomic mass is 9.90. The fourth-order valence-corrected chi connectivity index (χ4v) is 5.92. The molecule has 176 valence electrons. The number of amides is 1. The Kier molecular flexibility index (Phi) is 5.41. The number of rotatable bonds is 4. The number of likely N-dealkylation sites (tertiary alicyclic amines) is 1. The zero-order valence-corrected chi connectivity index (χ0v) is 19.5. The number of carbonyl (C=O) groups is 1. The van der Waals surface area contributed by atoms with E-state index < -0.39 is 0 Å². The highest BCUT2D eigenvalue weighted by Crippen LogP contribution is 2.60. The summed E-state index contributed by atoms with van der Waals surface area (Å²) in [6.45, 7) is 5.89. The number of para-hydroxylation sites is 2. The van der Waals surface area contributed by atoms with Crippen LogP contribution >= 0.6 is 0 Å². The molecule has 1 saturated carbocycles. The van der Waals surface area contributed by atoms with Crippen molar-refractivity contribution in [1.29, 1.82) is 0 Å². The molecule has 2 aromatic carbocycles. The summed E-state index contributed by atoms with van der Waals surface area (Å²) in [6.07, 6.45) is 4.71. The van der Waals surface area contributed by atoms with Gasteiger partial charge in [0, 0.05) is 49.9 Å². The first-order valence-electron chi connectivity index (χ1n) is 12.4. The summed E-state index contributed by atoms with van der Waals surface area (Å²) < 4.78 is 5.69. The van der Waals surface area contributed by atoms with E-state index >= 15 is 0 Å². The van der Waals surface area contributed by atoms with Crippen molar-refractivity contribution >= 4 is 22.6 Å². The molecule has 34 heavy (non-hydrogen) atoms. The Bertz CT molecular complexity index is 1240. The van der Waals surface area contributed by atoms with Crippen molar-refractivity contribution in [2.75, 3.05) is 44.2 Å².